The van der Waals surface area contributed by atoms with E-state index >= 15 is 0 Å². The van der Waals surface area contributed by atoms with Crippen LogP contribution in [0.25, 0.3) is 0 Å². The van der Waals surface area contributed by atoms with Crippen LogP contribution >= 0.6 is 23.2 Å². The van der Waals surface area contributed by atoms with Crippen molar-refractivity contribution in [2.75, 3.05) is 11.9 Å². The molecule has 2 aromatic rings. The van der Waals surface area contributed by atoms with Gasteiger partial charge in [-0.25, -0.2) is 4.79 Å². The fraction of sp³-hybridized carbons (Fsp3) is 0.267. The maximum atomic E-state index is 12.0. The number of halogens is 2. The second-order valence-corrected chi connectivity index (χ2v) is 5.68. The SMILES string of the molecule is Cc1nn(C)c(C)c1NC(=O)COC(=O)c1cccc(Cl)c1Cl. The van der Waals surface area contributed by atoms with Crippen molar-refractivity contribution in [1.29, 1.82) is 0 Å². The molecule has 23 heavy (non-hydrogen) atoms. The number of benzene rings is 1. The number of esters is 1. The average Bonchev–Trinajstić information content (AvgIpc) is 2.74. The van der Waals surface area contributed by atoms with Gasteiger partial charge in [-0.3, -0.25) is 9.48 Å². The Hall–Kier alpha value is -2.05. The summed E-state index contributed by atoms with van der Waals surface area (Å²) in [5.74, 6) is -1.18. The molecule has 0 spiro atoms. The summed E-state index contributed by atoms with van der Waals surface area (Å²) in [6.07, 6.45) is 0. The third kappa shape index (κ3) is 3.83. The van der Waals surface area contributed by atoms with Crippen LogP contribution in [0.4, 0.5) is 5.69 Å². The highest BCUT2D eigenvalue weighted by Gasteiger charge is 2.17. The Labute approximate surface area is 143 Å². The Kier molecular flexibility index (Phi) is 5.28. The van der Waals surface area contributed by atoms with Crippen molar-refractivity contribution in [3.8, 4) is 0 Å². The molecule has 1 aromatic heterocycles. The number of aromatic nitrogens is 2. The molecule has 0 aliphatic carbocycles. The molecule has 2 rings (SSSR count). The molecule has 0 fully saturated rings. The van der Waals surface area contributed by atoms with E-state index in [1.165, 1.54) is 6.07 Å². The van der Waals surface area contributed by atoms with Gasteiger partial charge in [-0.05, 0) is 26.0 Å². The number of nitrogens with one attached hydrogen (secondary N) is 1. The van der Waals surface area contributed by atoms with E-state index in [-0.39, 0.29) is 15.6 Å². The number of amides is 1. The van der Waals surface area contributed by atoms with Crippen LogP contribution in [0.2, 0.25) is 10.0 Å². The van der Waals surface area contributed by atoms with Gasteiger partial charge in [0, 0.05) is 7.05 Å². The van der Waals surface area contributed by atoms with Crippen molar-refractivity contribution in [1.82, 2.24) is 9.78 Å². The van der Waals surface area contributed by atoms with Gasteiger partial charge in [0.1, 0.15) is 0 Å². The second-order valence-electron chi connectivity index (χ2n) is 4.90. The standard InChI is InChI=1S/C15H15Cl2N3O3/c1-8-14(9(2)20(3)19-8)18-12(21)7-23-15(22)10-5-4-6-11(16)13(10)17/h4-6H,7H2,1-3H3,(H,18,21). The molecule has 1 amide bonds. The van der Waals surface area contributed by atoms with Gasteiger partial charge in [0.05, 0.1) is 32.7 Å². The van der Waals surface area contributed by atoms with Crippen LogP contribution in [0.15, 0.2) is 18.2 Å². The number of aryl methyl sites for hydroxylation is 2. The number of carbonyl (C=O) groups excluding carboxylic acids is 2. The third-order valence-electron chi connectivity index (χ3n) is 3.28. The van der Waals surface area contributed by atoms with Gasteiger partial charge in [0.2, 0.25) is 0 Å². The van der Waals surface area contributed by atoms with E-state index in [4.69, 9.17) is 27.9 Å². The van der Waals surface area contributed by atoms with E-state index in [9.17, 15) is 9.59 Å². The molecule has 0 bridgehead atoms. The van der Waals surface area contributed by atoms with Crippen LogP contribution in [-0.2, 0) is 16.6 Å². The summed E-state index contributed by atoms with van der Waals surface area (Å²) in [4.78, 5) is 23.9. The second kappa shape index (κ2) is 7.02. The van der Waals surface area contributed by atoms with Crippen LogP contribution in [0.5, 0.6) is 0 Å². The van der Waals surface area contributed by atoms with E-state index in [1.807, 2.05) is 6.92 Å². The van der Waals surface area contributed by atoms with Gasteiger partial charge in [-0.15, -0.1) is 0 Å². The first-order valence-corrected chi connectivity index (χ1v) is 7.48. The Morgan fingerprint density at radius 1 is 1.30 bits per heavy atom. The van der Waals surface area contributed by atoms with E-state index in [2.05, 4.69) is 10.4 Å². The first kappa shape index (κ1) is 17.3. The van der Waals surface area contributed by atoms with Crippen molar-refractivity contribution in [3.63, 3.8) is 0 Å². The molecule has 8 heteroatoms. The molecule has 6 nitrogen and oxygen atoms in total. The van der Waals surface area contributed by atoms with Gasteiger partial charge in [0.15, 0.2) is 6.61 Å². The number of carbonyl (C=O) groups is 2. The minimum atomic E-state index is -0.715. The highest BCUT2D eigenvalue weighted by molar-refractivity contribution is 6.43. The van der Waals surface area contributed by atoms with Gasteiger partial charge in [-0.2, -0.15) is 5.10 Å². The lowest BCUT2D eigenvalue weighted by atomic mass is 10.2. The molecule has 0 atom stereocenters. The molecular weight excluding hydrogens is 341 g/mol. The van der Waals surface area contributed by atoms with Crippen LogP contribution < -0.4 is 5.32 Å². The van der Waals surface area contributed by atoms with Crippen molar-refractivity contribution in [3.05, 3.63) is 45.2 Å². The summed E-state index contributed by atoms with van der Waals surface area (Å²) in [6.45, 7) is 3.17. The predicted octanol–water partition coefficient (Wildman–Crippen LogP) is 3.14. The number of ether oxygens (including phenoxy) is 1. The number of hydrogen-bond acceptors (Lipinski definition) is 4. The van der Waals surface area contributed by atoms with Crippen molar-refractivity contribution < 1.29 is 14.3 Å². The zero-order valence-electron chi connectivity index (χ0n) is 12.8. The molecule has 0 aliphatic heterocycles. The monoisotopic (exact) mass is 355 g/mol. The summed E-state index contributed by atoms with van der Waals surface area (Å²) in [5, 5.41) is 7.20. The van der Waals surface area contributed by atoms with Crippen molar-refractivity contribution in [2.45, 2.75) is 13.8 Å². The van der Waals surface area contributed by atoms with Gasteiger partial charge < -0.3 is 10.1 Å². The first-order chi connectivity index (χ1) is 10.8. The molecule has 1 heterocycles. The van der Waals surface area contributed by atoms with Gasteiger partial charge >= 0.3 is 5.97 Å². The number of hydrogen-bond donors (Lipinski definition) is 1. The molecule has 122 valence electrons. The largest absolute Gasteiger partial charge is 0.452 e. The Bertz CT molecular complexity index is 772. The average molecular weight is 356 g/mol. The van der Waals surface area contributed by atoms with Crippen molar-refractivity contribution in [2.24, 2.45) is 7.05 Å². The number of nitrogens with zero attached hydrogens (tertiary/aromatic N) is 2. The maximum absolute atomic E-state index is 12.0. The normalized spacial score (nSPS) is 10.5. The summed E-state index contributed by atoms with van der Waals surface area (Å²) in [6, 6.07) is 4.61. The Balaban J connectivity index is 1.99. The number of anilines is 1. The zero-order valence-corrected chi connectivity index (χ0v) is 14.3. The summed E-state index contributed by atoms with van der Waals surface area (Å²) in [5.41, 5.74) is 2.21. The maximum Gasteiger partial charge on any atom is 0.340 e. The fourth-order valence-electron chi connectivity index (χ4n) is 2.00. The highest BCUT2D eigenvalue weighted by atomic mass is 35.5. The lowest BCUT2D eigenvalue weighted by Crippen LogP contribution is -2.21. The molecule has 1 aromatic carbocycles. The zero-order chi connectivity index (χ0) is 17.1. The van der Waals surface area contributed by atoms with Gasteiger partial charge in [0.25, 0.3) is 5.91 Å². The lowest BCUT2D eigenvalue weighted by molar-refractivity contribution is -0.119. The van der Waals surface area contributed by atoms with E-state index in [0.717, 1.165) is 5.69 Å². The highest BCUT2D eigenvalue weighted by Crippen LogP contribution is 2.26. The topological polar surface area (TPSA) is 73.2 Å². The van der Waals surface area contributed by atoms with E-state index < -0.39 is 18.5 Å². The fourth-order valence-corrected chi connectivity index (χ4v) is 2.38. The summed E-state index contributed by atoms with van der Waals surface area (Å²) in [7, 11) is 1.78. The van der Waals surface area contributed by atoms with Crippen LogP contribution in [0, 0.1) is 13.8 Å². The molecular formula is C15H15Cl2N3O3. The minimum Gasteiger partial charge on any atom is -0.452 e. The molecule has 0 saturated heterocycles. The lowest BCUT2D eigenvalue weighted by Gasteiger charge is -2.08. The smallest absolute Gasteiger partial charge is 0.340 e. The first-order valence-electron chi connectivity index (χ1n) is 6.72. The number of rotatable bonds is 4. The molecule has 0 aliphatic rings. The van der Waals surface area contributed by atoms with E-state index in [0.29, 0.717) is 11.4 Å². The molecule has 1 N–H and O–H groups in total. The third-order valence-corrected chi connectivity index (χ3v) is 4.10. The summed E-state index contributed by atoms with van der Waals surface area (Å²) >= 11 is 11.8. The van der Waals surface area contributed by atoms with Crippen LogP contribution in [0.1, 0.15) is 21.7 Å². The quantitative estimate of drug-likeness (QED) is 0.855. The van der Waals surface area contributed by atoms with E-state index in [1.54, 1.807) is 30.8 Å². The molecule has 0 saturated carbocycles. The van der Waals surface area contributed by atoms with Crippen LogP contribution in [-0.4, -0.2) is 28.3 Å². The molecule has 0 unspecified atom stereocenters. The Morgan fingerprint density at radius 3 is 2.61 bits per heavy atom. The van der Waals surface area contributed by atoms with Crippen molar-refractivity contribution >= 4 is 40.8 Å². The minimum absolute atomic E-state index is 0.0959. The van der Waals surface area contributed by atoms with Crippen LogP contribution in [0.3, 0.4) is 0 Å². The predicted molar refractivity (Wildman–Crippen MR) is 88.1 cm³/mol. The van der Waals surface area contributed by atoms with Gasteiger partial charge in [-0.1, -0.05) is 29.3 Å². The Morgan fingerprint density at radius 2 is 2.00 bits per heavy atom. The summed E-state index contributed by atoms with van der Waals surface area (Å²) < 4.78 is 6.62. The molecule has 0 radical (unpaired) electrons.